The summed E-state index contributed by atoms with van der Waals surface area (Å²) in [6.45, 7) is 0. The maximum absolute atomic E-state index is 14.7. The first-order valence-electron chi connectivity index (χ1n) is 18.2. The molecular formula is C48H40F4Y6-4. The van der Waals surface area contributed by atoms with Crippen LogP contribution in [0, 0.1) is 48.2 Å². The first kappa shape index (κ1) is 57.7. The Bertz CT molecular complexity index is 2080. The molecule has 0 aliphatic heterocycles. The predicted octanol–water partition coefficient (Wildman–Crippen LogP) is 13.9. The molecule has 58 heavy (non-hydrogen) atoms. The monoisotopic (exact) mass is 1230 g/mol. The van der Waals surface area contributed by atoms with Crippen molar-refractivity contribution < 1.29 is 214 Å². The van der Waals surface area contributed by atoms with Crippen LogP contribution in [0.15, 0.2) is 121 Å². The number of hydrogen-bond acceptors (Lipinski definition) is 0. The summed E-state index contributed by atoms with van der Waals surface area (Å²) in [6.07, 6.45) is 14.3. The molecule has 0 amide bonds. The van der Waals surface area contributed by atoms with E-state index in [1.165, 1.54) is 48.9 Å². The average molecular weight is 1230 g/mol. The summed E-state index contributed by atoms with van der Waals surface area (Å²) < 4.78 is 56.0. The van der Waals surface area contributed by atoms with Crippen molar-refractivity contribution in [3.05, 3.63) is 181 Å². The molecule has 0 atom stereocenters. The largest absolute Gasteiger partial charge is 0.328 e. The van der Waals surface area contributed by atoms with Gasteiger partial charge in [0.15, 0.2) is 0 Å². The first-order chi connectivity index (χ1) is 25.4. The van der Waals surface area contributed by atoms with Crippen LogP contribution in [0.4, 0.5) is 17.6 Å². The zero-order valence-corrected chi connectivity index (χ0v) is 49.5. The molecule has 10 heteroatoms. The molecule has 282 valence electrons. The molecule has 2 fully saturated rings. The van der Waals surface area contributed by atoms with Gasteiger partial charge in [-0.1, -0.05) is 98.5 Å². The Balaban J connectivity index is 0.000000527. The summed E-state index contributed by atoms with van der Waals surface area (Å²) in [5.74, 6) is -1.13. The van der Waals surface area contributed by atoms with Gasteiger partial charge in [0.25, 0.3) is 0 Å². The number of benzene rings is 6. The van der Waals surface area contributed by atoms with Crippen LogP contribution < -0.4 is 0 Å². The van der Waals surface area contributed by atoms with Crippen molar-refractivity contribution >= 4 is 0 Å². The molecule has 0 saturated heterocycles. The van der Waals surface area contributed by atoms with E-state index in [1.54, 1.807) is 12.1 Å². The minimum Gasteiger partial charge on any atom is -0.328 e. The van der Waals surface area contributed by atoms with Crippen LogP contribution in [0.1, 0.15) is 74.3 Å². The van der Waals surface area contributed by atoms with Gasteiger partial charge in [0.2, 0.25) is 0 Å². The predicted molar refractivity (Wildman–Crippen MR) is 203 cm³/mol. The molecule has 0 spiro atoms. The van der Waals surface area contributed by atoms with Crippen LogP contribution in [0.3, 0.4) is 0 Å². The fraction of sp³-hybridized carbons (Fsp3) is 0.208. The van der Waals surface area contributed by atoms with Crippen LogP contribution in [0.2, 0.25) is 0 Å². The standard InChI is InChI=1S/C24H13F3.C24H27F.6Y/c25-21-12-20(13-22(26)15-21)23-11-10-19(14-24(23)27)18-8-6-17(7-9-18)16-4-2-1-3-5-16;25-24-17-22(19-9-5-2-6-10-19)15-16-23(24)21-13-11-20(12-14-21)18-7-3-1-4-8-18;;;;;;/h2-14H;1-2,11-19H,3-10H2;;;;;;/q2*-2;;;;;;. The van der Waals surface area contributed by atoms with Crippen molar-refractivity contribution in [3.63, 3.8) is 0 Å². The minimum absolute atomic E-state index is 0. The van der Waals surface area contributed by atoms with E-state index in [9.17, 15) is 17.6 Å². The van der Waals surface area contributed by atoms with Crippen molar-refractivity contribution in [2.45, 2.75) is 63.2 Å². The summed E-state index contributed by atoms with van der Waals surface area (Å²) in [4.78, 5) is 0. The molecule has 6 aromatic rings. The molecule has 8 rings (SSSR count). The Kier molecular flexibility index (Phi) is 29.1. The minimum atomic E-state index is -0.859. The normalized spacial score (nSPS) is 13.6. The van der Waals surface area contributed by atoms with Gasteiger partial charge in [-0.05, 0) is 62.9 Å². The van der Waals surface area contributed by atoms with Crippen molar-refractivity contribution in [2.75, 3.05) is 0 Å². The summed E-state index contributed by atoms with van der Waals surface area (Å²) in [5, 5.41) is 0. The summed E-state index contributed by atoms with van der Waals surface area (Å²) in [6, 6.07) is 41.5. The molecule has 2 aliphatic rings. The maximum atomic E-state index is 14.7. The van der Waals surface area contributed by atoms with Crippen LogP contribution in [-0.4, -0.2) is 0 Å². The smallest absolute Gasteiger partial charge is 0.131 e. The van der Waals surface area contributed by atoms with Crippen LogP contribution >= 0.6 is 0 Å². The van der Waals surface area contributed by atoms with E-state index in [0.29, 0.717) is 17.4 Å². The summed E-state index contributed by atoms with van der Waals surface area (Å²) in [5.41, 5.74) is 8.26. The molecule has 0 heterocycles. The Labute approximate surface area is 493 Å². The zero-order chi connectivity index (χ0) is 35.9. The van der Waals surface area contributed by atoms with Gasteiger partial charge in [0, 0.05) is 213 Å². The molecule has 0 nitrogen and oxygen atoms in total. The van der Waals surface area contributed by atoms with Gasteiger partial charge < -0.3 is 12.8 Å². The molecule has 6 radical (unpaired) electrons. The maximum Gasteiger partial charge on any atom is 0.131 e. The molecular weight excluding hydrogens is 1190 g/mol. The summed E-state index contributed by atoms with van der Waals surface area (Å²) in [7, 11) is 0. The third-order valence-corrected chi connectivity index (χ3v) is 10.4. The molecule has 0 N–H and O–H groups in total. The Morgan fingerprint density at radius 1 is 0.397 bits per heavy atom. The fourth-order valence-electron chi connectivity index (χ4n) is 7.49. The first-order valence-corrected chi connectivity index (χ1v) is 18.2. The van der Waals surface area contributed by atoms with Gasteiger partial charge in [-0.25, -0.2) is 17.6 Å². The third kappa shape index (κ3) is 16.0. The molecule has 2 saturated carbocycles. The zero-order valence-electron chi connectivity index (χ0n) is 32.5. The quantitative estimate of drug-likeness (QED) is 0.115. The van der Waals surface area contributed by atoms with Gasteiger partial charge in [-0.2, -0.15) is 56.0 Å². The molecule has 6 aromatic carbocycles. The topological polar surface area (TPSA) is 0 Å². The Morgan fingerprint density at radius 2 is 0.793 bits per heavy atom. The fourth-order valence-corrected chi connectivity index (χ4v) is 7.49. The van der Waals surface area contributed by atoms with E-state index in [2.05, 4.69) is 49.2 Å². The molecule has 0 bridgehead atoms. The number of hydrogen-bond donors (Lipinski definition) is 0. The second kappa shape index (κ2) is 29.2. The van der Waals surface area contributed by atoms with E-state index >= 15 is 0 Å². The van der Waals surface area contributed by atoms with E-state index < -0.39 is 17.5 Å². The Morgan fingerprint density at radius 3 is 1.31 bits per heavy atom. The van der Waals surface area contributed by atoms with E-state index in [0.717, 1.165) is 65.6 Å². The van der Waals surface area contributed by atoms with Gasteiger partial charge in [0.05, 0.1) is 0 Å². The van der Waals surface area contributed by atoms with Crippen molar-refractivity contribution in [1.29, 1.82) is 0 Å². The molecule has 2 aliphatic carbocycles. The van der Waals surface area contributed by atoms with Crippen LogP contribution in [0.25, 0.3) is 44.5 Å². The van der Waals surface area contributed by atoms with Crippen molar-refractivity contribution in [3.8, 4) is 44.5 Å². The van der Waals surface area contributed by atoms with Gasteiger partial charge in [0.1, 0.15) is 11.6 Å². The van der Waals surface area contributed by atoms with Crippen molar-refractivity contribution in [1.82, 2.24) is 0 Å². The molecule has 0 unspecified atom stereocenters. The Hall–Kier alpha value is 1.66. The third-order valence-electron chi connectivity index (χ3n) is 10.4. The SMILES string of the molecule is Fc1[c-]c(F)cc(-c2ccc(-c3ccc(-c4cc[c-]cc4)cc3)cc2F)c1.Fc1cc(C2CC[CH-]CC2)ccc1-c1ccc(C2CC[CH-]CC2)cc1.[Y].[Y].[Y].[Y].[Y].[Y]. The molecule has 0 aromatic heterocycles. The van der Waals surface area contributed by atoms with Crippen LogP contribution in [0.5, 0.6) is 0 Å². The number of rotatable bonds is 6. The summed E-state index contributed by atoms with van der Waals surface area (Å²) >= 11 is 0. The number of halogens is 4. The van der Waals surface area contributed by atoms with E-state index in [-0.39, 0.29) is 213 Å². The van der Waals surface area contributed by atoms with Gasteiger partial charge in [-0.15, -0.1) is 29.3 Å². The second-order valence-electron chi connectivity index (χ2n) is 13.8. The van der Waals surface area contributed by atoms with Gasteiger partial charge in [-0.3, -0.25) is 0 Å². The van der Waals surface area contributed by atoms with E-state index in [4.69, 9.17) is 0 Å². The second-order valence-corrected chi connectivity index (χ2v) is 13.8. The van der Waals surface area contributed by atoms with Gasteiger partial charge >= 0.3 is 0 Å². The van der Waals surface area contributed by atoms with Crippen molar-refractivity contribution in [2.24, 2.45) is 0 Å². The average Bonchev–Trinajstić information content (AvgIpc) is 3.19. The van der Waals surface area contributed by atoms with E-state index in [1.807, 2.05) is 60.7 Å². The van der Waals surface area contributed by atoms with Crippen LogP contribution in [-0.2, 0) is 196 Å².